The monoisotopic (exact) mass is 426 g/mol. The van der Waals surface area contributed by atoms with Crippen LogP contribution in [-0.4, -0.2) is 53.8 Å². The highest BCUT2D eigenvalue weighted by Crippen LogP contribution is 2.40. The van der Waals surface area contributed by atoms with Gasteiger partial charge in [0, 0.05) is 25.9 Å². The molecule has 3 heterocycles. The van der Waals surface area contributed by atoms with Crippen molar-refractivity contribution < 1.29 is 23.9 Å². The lowest BCUT2D eigenvalue weighted by atomic mass is 9.81. The zero-order valence-corrected chi connectivity index (χ0v) is 17.9. The fraction of sp³-hybridized carbons (Fsp3) is 0.625. The molecular formula is C24H30N2O5. The Morgan fingerprint density at radius 3 is 2.35 bits per heavy atom. The highest BCUT2D eigenvalue weighted by atomic mass is 16.5. The summed E-state index contributed by atoms with van der Waals surface area (Å²) >= 11 is 0. The molecule has 4 aliphatic rings. The van der Waals surface area contributed by atoms with Crippen molar-refractivity contribution in [2.75, 3.05) is 26.3 Å². The molecule has 1 aromatic rings. The highest BCUT2D eigenvalue weighted by molar-refractivity contribution is 6.05. The van der Waals surface area contributed by atoms with Gasteiger partial charge in [0.2, 0.25) is 17.7 Å². The summed E-state index contributed by atoms with van der Waals surface area (Å²) in [6.45, 7) is 2.18. The molecule has 1 saturated carbocycles. The number of nitrogens with zero attached hydrogens (tertiary/aromatic N) is 2. The molecule has 2 saturated heterocycles. The number of likely N-dealkylation sites (tertiary alicyclic amines) is 2. The molecule has 0 radical (unpaired) electrons. The molecule has 31 heavy (non-hydrogen) atoms. The van der Waals surface area contributed by atoms with Gasteiger partial charge in [-0.2, -0.15) is 0 Å². The van der Waals surface area contributed by atoms with Crippen molar-refractivity contribution >= 4 is 17.7 Å². The largest absolute Gasteiger partial charge is 0.490 e. The Morgan fingerprint density at radius 1 is 0.903 bits per heavy atom. The van der Waals surface area contributed by atoms with Crippen LogP contribution in [0.1, 0.15) is 63.0 Å². The summed E-state index contributed by atoms with van der Waals surface area (Å²) in [4.78, 5) is 41.7. The molecule has 3 atom stereocenters. The first kappa shape index (κ1) is 20.3. The maximum Gasteiger partial charge on any atom is 0.233 e. The first-order valence-corrected chi connectivity index (χ1v) is 11.7. The van der Waals surface area contributed by atoms with E-state index in [0.29, 0.717) is 19.8 Å². The summed E-state index contributed by atoms with van der Waals surface area (Å²) in [6.07, 6.45) is 6.52. The van der Waals surface area contributed by atoms with Gasteiger partial charge in [-0.3, -0.25) is 19.3 Å². The molecule has 3 aliphatic heterocycles. The summed E-state index contributed by atoms with van der Waals surface area (Å²) < 4.78 is 11.5. The quantitative estimate of drug-likeness (QED) is 0.692. The Labute approximate surface area is 182 Å². The van der Waals surface area contributed by atoms with E-state index in [1.807, 2.05) is 23.1 Å². The van der Waals surface area contributed by atoms with E-state index in [2.05, 4.69) is 0 Å². The van der Waals surface area contributed by atoms with E-state index in [1.165, 1.54) is 4.90 Å². The van der Waals surface area contributed by atoms with Crippen LogP contribution in [0.2, 0.25) is 0 Å². The number of hydrogen-bond donors (Lipinski definition) is 0. The average molecular weight is 427 g/mol. The van der Waals surface area contributed by atoms with Crippen LogP contribution in [0.3, 0.4) is 0 Å². The molecule has 0 aromatic heterocycles. The molecule has 0 N–H and O–H groups in total. The Hall–Kier alpha value is -2.57. The van der Waals surface area contributed by atoms with Crippen LogP contribution in [0, 0.1) is 11.8 Å². The number of carbonyl (C=O) groups excluding carboxylic acids is 3. The van der Waals surface area contributed by atoms with Crippen molar-refractivity contribution in [3.63, 3.8) is 0 Å². The van der Waals surface area contributed by atoms with Crippen LogP contribution in [-0.2, 0) is 14.4 Å². The third-order valence-electron chi connectivity index (χ3n) is 7.21. The van der Waals surface area contributed by atoms with Crippen LogP contribution in [0.15, 0.2) is 18.2 Å². The second-order valence-corrected chi connectivity index (χ2v) is 9.08. The number of amides is 3. The van der Waals surface area contributed by atoms with E-state index < -0.39 is 0 Å². The number of fused-ring (bicyclic) bond motifs is 2. The van der Waals surface area contributed by atoms with Crippen molar-refractivity contribution in [2.24, 2.45) is 11.8 Å². The fourth-order valence-electron chi connectivity index (χ4n) is 5.60. The predicted molar refractivity (Wildman–Crippen MR) is 113 cm³/mol. The second-order valence-electron chi connectivity index (χ2n) is 9.08. The van der Waals surface area contributed by atoms with Crippen LogP contribution in [0.4, 0.5) is 0 Å². The fourth-order valence-corrected chi connectivity index (χ4v) is 5.60. The van der Waals surface area contributed by atoms with Gasteiger partial charge in [-0.05, 0) is 43.4 Å². The highest BCUT2D eigenvalue weighted by Gasteiger charge is 2.48. The standard InChI is InChI=1S/C24H30N2O5/c27-22(10-12-26-23(28)17-5-1-2-6-18(17)24(26)29)25-11-3-7-19(25)16-8-9-20-21(15-16)31-14-4-13-30-20/h8-9,15,17-19H,1-7,10-14H2/t17-,18-,19-/m0/s1. The van der Waals surface area contributed by atoms with E-state index in [9.17, 15) is 14.4 Å². The van der Waals surface area contributed by atoms with E-state index in [0.717, 1.165) is 62.0 Å². The van der Waals surface area contributed by atoms with E-state index >= 15 is 0 Å². The first-order chi connectivity index (χ1) is 15.1. The molecule has 3 amide bonds. The number of rotatable bonds is 4. The lowest BCUT2D eigenvalue weighted by Crippen LogP contribution is -2.37. The van der Waals surface area contributed by atoms with Crippen LogP contribution in [0.5, 0.6) is 11.5 Å². The average Bonchev–Trinajstić information content (AvgIpc) is 3.28. The molecular weight excluding hydrogens is 396 g/mol. The maximum absolute atomic E-state index is 13.1. The van der Waals surface area contributed by atoms with E-state index in [4.69, 9.17) is 9.47 Å². The normalized spacial score (nSPS) is 27.9. The molecule has 5 rings (SSSR count). The molecule has 0 unspecified atom stereocenters. The zero-order chi connectivity index (χ0) is 21.4. The van der Waals surface area contributed by atoms with Gasteiger partial charge in [0.05, 0.1) is 31.1 Å². The lowest BCUT2D eigenvalue weighted by Gasteiger charge is -2.26. The number of hydrogen-bond acceptors (Lipinski definition) is 5. The molecule has 3 fully saturated rings. The minimum atomic E-state index is -0.155. The Balaban J connectivity index is 1.25. The van der Waals surface area contributed by atoms with Gasteiger partial charge >= 0.3 is 0 Å². The third-order valence-corrected chi connectivity index (χ3v) is 7.21. The van der Waals surface area contributed by atoms with Crippen LogP contribution in [0.25, 0.3) is 0 Å². The van der Waals surface area contributed by atoms with Gasteiger partial charge in [0.25, 0.3) is 0 Å². The molecule has 7 nitrogen and oxygen atoms in total. The molecule has 1 aromatic carbocycles. The Morgan fingerprint density at radius 2 is 1.61 bits per heavy atom. The SMILES string of the molecule is O=C1[C@H]2CCCC[C@@H]2C(=O)N1CCC(=O)N1CCC[C@H]1c1ccc2c(c1)OCCCO2. The maximum atomic E-state index is 13.1. The van der Waals surface area contributed by atoms with Gasteiger partial charge in [-0.25, -0.2) is 0 Å². The van der Waals surface area contributed by atoms with Crippen molar-refractivity contribution in [3.8, 4) is 11.5 Å². The van der Waals surface area contributed by atoms with E-state index in [1.54, 1.807) is 0 Å². The number of imide groups is 1. The lowest BCUT2D eigenvalue weighted by molar-refractivity contribution is -0.141. The van der Waals surface area contributed by atoms with Crippen LogP contribution < -0.4 is 9.47 Å². The molecule has 0 spiro atoms. The molecule has 1 aliphatic carbocycles. The summed E-state index contributed by atoms with van der Waals surface area (Å²) in [5.41, 5.74) is 1.05. The number of benzene rings is 1. The summed E-state index contributed by atoms with van der Waals surface area (Å²) in [7, 11) is 0. The number of carbonyl (C=O) groups is 3. The van der Waals surface area contributed by atoms with Gasteiger partial charge in [-0.1, -0.05) is 18.9 Å². The molecule has 166 valence electrons. The first-order valence-electron chi connectivity index (χ1n) is 11.7. The summed E-state index contributed by atoms with van der Waals surface area (Å²) in [5, 5.41) is 0. The predicted octanol–water partition coefficient (Wildman–Crippen LogP) is 3.08. The number of ether oxygens (including phenoxy) is 2. The third kappa shape index (κ3) is 3.79. The summed E-state index contributed by atoms with van der Waals surface area (Å²) in [6, 6.07) is 5.94. The van der Waals surface area contributed by atoms with Crippen LogP contribution >= 0.6 is 0 Å². The van der Waals surface area contributed by atoms with Gasteiger partial charge in [0.1, 0.15) is 0 Å². The zero-order valence-electron chi connectivity index (χ0n) is 17.9. The second kappa shape index (κ2) is 8.52. The van der Waals surface area contributed by atoms with Crippen molar-refractivity contribution in [1.82, 2.24) is 9.80 Å². The van der Waals surface area contributed by atoms with Gasteiger partial charge < -0.3 is 14.4 Å². The van der Waals surface area contributed by atoms with Gasteiger partial charge in [-0.15, -0.1) is 0 Å². The molecule has 7 heteroatoms. The van der Waals surface area contributed by atoms with Crippen molar-refractivity contribution in [1.29, 1.82) is 0 Å². The van der Waals surface area contributed by atoms with E-state index in [-0.39, 0.29) is 48.6 Å². The topological polar surface area (TPSA) is 76.2 Å². The smallest absolute Gasteiger partial charge is 0.233 e. The Kier molecular flexibility index (Phi) is 5.59. The van der Waals surface area contributed by atoms with Gasteiger partial charge in [0.15, 0.2) is 11.5 Å². The van der Waals surface area contributed by atoms with Crippen molar-refractivity contribution in [3.05, 3.63) is 23.8 Å². The Bertz CT molecular complexity index is 861. The minimum absolute atomic E-state index is 0.00258. The van der Waals surface area contributed by atoms with Crippen molar-refractivity contribution in [2.45, 2.75) is 57.4 Å². The molecule has 0 bridgehead atoms. The minimum Gasteiger partial charge on any atom is -0.490 e. The summed E-state index contributed by atoms with van der Waals surface area (Å²) in [5.74, 6) is 1.06.